The predicted molar refractivity (Wildman–Crippen MR) is 152 cm³/mol. The van der Waals surface area contributed by atoms with Gasteiger partial charge < -0.3 is 45.9 Å². The fourth-order valence-corrected chi connectivity index (χ4v) is 4.52. The van der Waals surface area contributed by atoms with E-state index in [0.29, 0.717) is 82.7 Å². The number of nitrogens with one attached hydrogen (secondary N) is 3. The van der Waals surface area contributed by atoms with Gasteiger partial charge in [0.1, 0.15) is 0 Å². The highest BCUT2D eigenvalue weighted by molar-refractivity contribution is 5.94. The molecule has 1 aliphatic carbocycles. The molecular formula is C27H42N8O5. The minimum Gasteiger partial charge on any atom is -0.393 e. The summed E-state index contributed by atoms with van der Waals surface area (Å²) in [7, 11) is 0. The lowest BCUT2D eigenvalue weighted by atomic mass is 9.93. The minimum atomic E-state index is -0.221. The van der Waals surface area contributed by atoms with Crippen LogP contribution in [-0.2, 0) is 20.8 Å². The van der Waals surface area contributed by atoms with Crippen LogP contribution >= 0.6 is 0 Å². The molecule has 2 aliphatic rings. The third-order valence-electron chi connectivity index (χ3n) is 6.78. The first-order chi connectivity index (χ1) is 19.6. The first kappa shape index (κ1) is 29.9. The monoisotopic (exact) mass is 558 g/mol. The van der Waals surface area contributed by atoms with Gasteiger partial charge in [-0.2, -0.15) is 15.0 Å². The van der Waals surface area contributed by atoms with Crippen molar-refractivity contribution in [1.82, 2.24) is 20.3 Å². The first-order valence-electron chi connectivity index (χ1n) is 14.1. The molecule has 1 amide bonds. The number of benzene rings is 1. The van der Waals surface area contributed by atoms with Crippen molar-refractivity contribution in [2.24, 2.45) is 5.73 Å². The molecule has 0 atom stereocenters. The summed E-state index contributed by atoms with van der Waals surface area (Å²) in [6.45, 7) is 5.99. The minimum absolute atomic E-state index is 0.152. The molecule has 2 fully saturated rings. The van der Waals surface area contributed by atoms with E-state index in [9.17, 15) is 9.90 Å². The summed E-state index contributed by atoms with van der Waals surface area (Å²) in [5, 5.41) is 19.4. The SMILES string of the molecule is NCCOCCOCCNC(=O)c1ccc(CNc2nc(NC3CCC(O)CC3)nc(N3CCOCC3)n2)cc1. The number of aliphatic hydroxyl groups excluding tert-OH is 1. The molecule has 6 N–H and O–H groups in total. The van der Waals surface area contributed by atoms with E-state index < -0.39 is 0 Å². The van der Waals surface area contributed by atoms with Gasteiger partial charge in [-0.1, -0.05) is 12.1 Å². The molecule has 1 aromatic carbocycles. The van der Waals surface area contributed by atoms with E-state index in [1.165, 1.54) is 0 Å². The zero-order chi connectivity index (χ0) is 28.0. The van der Waals surface area contributed by atoms with Crippen molar-refractivity contribution in [2.45, 2.75) is 44.4 Å². The van der Waals surface area contributed by atoms with Crippen LogP contribution in [0.25, 0.3) is 0 Å². The number of nitrogens with two attached hydrogens (primary N) is 1. The van der Waals surface area contributed by atoms with Crippen molar-refractivity contribution in [3.05, 3.63) is 35.4 Å². The zero-order valence-electron chi connectivity index (χ0n) is 23.0. The van der Waals surface area contributed by atoms with Crippen LogP contribution in [-0.4, -0.2) is 104 Å². The third kappa shape index (κ3) is 9.82. The maximum Gasteiger partial charge on any atom is 0.251 e. The van der Waals surface area contributed by atoms with Gasteiger partial charge >= 0.3 is 0 Å². The Balaban J connectivity index is 1.28. The maximum atomic E-state index is 12.4. The lowest BCUT2D eigenvalue weighted by Crippen LogP contribution is -2.38. The molecular weight excluding hydrogens is 516 g/mol. The Kier molecular flexibility index (Phi) is 12.1. The van der Waals surface area contributed by atoms with Gasteiger partial charge in [-0.25, -0.2) is 0 Å². The van der Waals surface area contributed by atoms with Crippen molar-refractivity contribution in [1.29, 1.82) is 0 Å². The number of carbonyl (C=O) groups is 1. The fourth-order valence-electron chi connectivity index (χ4n) is 4.52. The molecule has 1 aromatic heterocycles. The van der Waals surface area contributed by atoms with Crippen LogP contribution in [0, 0.1) is 0 Å². The smallest absolute Gasteiger partial charge is 0.251 e. The van der Waals surface area contributed by atoms with E-state index >= 15 is 0 Å². The number of anilines is 3. The van der Waals surface area contributed by atoms with E-state index in [2.05, 4.69) is 35.8 Å². The summed E-state index contributed by atoms with van der Waals surface area (Å²) in [6, 6.07) is 7.63. The van der Waals surface area contributed by atoms with Gasteiger partial charge in [0.2, 0.25) is 17.8 Å². The highest BCUT2D eigenvalue weighted by Gasteiger charge is 2.22. The van der Waals surface area contributed by atoms with E-state index in [1.54, 1.807) is 12.1 Å². The number of rotatable bonds is 15. The summed E-state index contributed by atoms with van der Waals surface area (Å²) in [5.74, 6) is 1.46. The van der Waals surface area contributed by atoms with Gasteiger partial charge in [-0.05, 0) is 43.4 Å². The van der Waals surface area contributed by atoms with Gasteiger partial charge in [-0.15, -0.1) is 0 Å². The number of hydrogen-bond acceptors (Lipinski definition) is 12. The summed E-state index contributed by atoms with van der Waals surface area (Å²) >= 11 is 0. The summed E-state index contributed by atoms with van der Waals surface area (Å²) in [4.78, 5) is 28.5. The predicted octanol–water partition coefficient (Wildman–Crippen LogP) is 0.757. The Morgan fingerprint density at radius 2 is 1.68 bits per heavy atom. The maximum absolute atomic E-state index is 12.4. The number of aromatic nitrogens is 3. The van der Waals surface area contributed by atoms with Gasteiger partial charge in [0.25, 0.3) is 5.91 Å². The molecule has 40 heavy (non-hydrogen) atoms. The molecule has 2 heterocycles. The molecule has 0 bridgehead atoms. The molecule has 1 saturated heterocycles. The Labute approximate surface area is 235 Å². The fraction of sp³-hybridized carbons (Fsp3) is 0.630. The van der Waals surface area contributed by atoms with Gasteiger partial charge in [0.15, 0.2) is 0 Å². The Morgan fingerprint density at radius 1 is 0.975 bits per heavy atom. The number of amides is 1. The van der Waals surface area contributed by atoms with Crippen molar-refractivity contribution in [3.8, 4) is 0 Å². The van der Waals surface area contributed by atoms with E-state index in [-0.39, 0.29) is 18.1 Å². The largest absolute Gasteiger partial charge is 0.393 e. The second-order valence-electron chi connectivity index (χ2n) is 9.85. The zero-order valence-corrected chi connectivity index (χ0v) is 23.0. The molecule has 4 rings (SSSR count). The molecule has 0 spiro atoms. The second kappa shape index (κ2) is 16.2. The normalized spacial score (nSPS) is 19.3. The topological polar surface area (TPSA) is 169 Å². The number of aliphatic hydroxyl groups is 1. The molecule has 220 valence electrons. The molecule has 0 unspecified atom stereocenters. The third-order valence-corrected chi connectivity index (χ3v) is 6.78. The summed E-state index contributed by atoms with van der Waals surface area (Å²) in [5.41, 5.74) is 6.93. The van der Waals surface area contributed by atoms with Crippen molar-refractivity contribution in [2.75, 3.05) is 81.4 Å². The number of morpholine rings is 1. The Morgan fingerprint density at radius 3 is 2.40 bits per heavy atom. The van der Waals surface area contributed by atoms with Crippen LogP contribution < -0.4 is 26.6 Å². The Bertz CT molecular complexity index is 1030. The lowest BCUT2D eigenvalue weighted by Gasteiger charge is -2.28. The van der Waals surface area contributed by atoms with E-state index in [4.69, 9.17) is 19.9 Å². The van der Waals surface area contributed by atoms with Gasteiger partial charge in [0, 0.05) is 44.3 Å². The molecule has 1 aliphatic heterocycles. The van der Waals surface area contributed by atoms with Crippen molar-refractivity contribution >= 4 is 23.8 Å². The highest BCUT2D eigenvalue weighted by atomic mass is 16.5. The Hall–Kier alpha value is -3.10. The molecule has 13 nitrogen and oxygen atoms in total. The standard InChI is InChI=1S/C27H42N8O5/c28-9-13-38-17-18-39-14-10-29-24(37)21-3-1-20(2-4-21)19-30-25-32-26(31-22-5-7-23(36)8-6-22)34-27(33-25)35-11-15-40-16-12-35/h1-4,22-23,36H,5-19,28H2,(H,29,37)(H2,30,31,32,33,34). The van der Waals surface area contributed by atoms with Gasteiger partial charge in [-0.3, -0.25) is 4.79 Å². The highest BCUT2D eigenvalue weighted by Crippen LogP contribution is 2.23. The van der Waals surface area contributed by atoms with Crippen molar-refractivity contribution in [3.63, 3.8) is 0 Å². The number of carbonyl (C=O) groups excluding carboxylic acids is 1. The van der Waals surface area contributed by atoms with Crippen molar-refractivity contribution < 1.29 is 24.1 Å². The van der Waals surface area contributed by atoms with Crippen LogP contribution in [0.3, 0.4) is 0 Å². The lowest BCUT2D eigenvalue weighted by molar-refractivity contribution is 0.0511. The summed E-state index contributed by atoms with van der Waals surface area (Å²) in [6.07, 6.45) is 3.08. The van der Waals surface area contributed by atoms with E-state index in [1.807, 2.05) is 12.1 Å². The first-order valence-corrected chi connectivity index (χ1v) is 14.1. The molecule has 0 radical (unpaired) electrons. The molecule has 1 saturated carbocycles. The second-order valence-corrected chi connectivity index (χ2v) is 9.85. The molecule has 13 heteroatoms. The summed E-state index contributed by atoms with van der Waals surface area (Å²) < 4.78 is 16.2. The van der Waals surface area contributed by atoms with Crippen LogP contribution in [0.1, 0.15) is 41.6 Å². The average Bonchev–Trinajstić information content (AvgIpc) is 2.99. The number of ether oxygens (including phenoxy) is 3. The van der Waals surface area contributed by atoms with Crippen LogP contribution in [0.4, 0.5) is 17.8 Å². The van der Waals surface area contributed by atoms with Gasteiger partial charge in [0.05, 0.1) is 45.7 Å². The van der Waals surface area contributed by atoms with Crippen LogP contribution in [0.15, 0.2) is 24.3 Å². The molecule has 2 aromatic rings. The van der Waals surface area contributed by atoms with Crippen LogP contribution in [0.5, 0.6) is 0 Å². The van der Waals surface area contributed by atoms with Crippen LogP contribution in [0.2, 0.25) is 0 Å². The average molecular weight is 559 g/mol. The number of nitrogens with zero attached hydrogens (tertiary/aromatic N) is 4. The quantitative estimate of drug-likeness (QED) is 0.195. The number of hydrogen-bond donors (Lipinski definition) is 5. The van der Waals surface area contributed by atoms with E-state index in [0.717, 1.165) is 44.3 Å².